The van der Waals surface area contributed by atoms with Crippen molar-refractivity contribution in [2.24, 2.45) is 0 Å². The second-order valence-electron chi connectivity index (χ2n) is 4.32. The van der Waals surface area contributed by atoms with Crippen LogP contribution in [0.3, 0.4) is 0 Å². The fourth-order valence-electron chi connectivity index (χ4n) is 1.47. The van der Waals surface area contributed by atoms with Crippen LogP contribution in [0, 0.1) is 6.92 Å². The zero-order valence-electron chi connectivity index (χ0n) is 11.8. The number of aliphatic carboxylic acids is 1. The fraction of sp³-hybridized carbons (Fsp3) is 0.385. The highest BCUT2D eigenvalue weighted by Crippen LogP contribution is 2.23. The highest BCUT2D eigenvalue weighted by Gasteiger charge is 2.13. The van der Waals surface area contributed by atoms with Crippen molar-refractivity contribution >= 4 is 39.1 Å². The molecular formula is C13H17NO5S2. The van der Waals surface area contributed by atoms with Gasteiger partial charge in [-0.05, 0) is 24.6 Å². The highest BCUT2D eigenvalue weighted by molar-refractivity contribution is 7.91. The summed E-state index contributed by atoms with van der Waals surface area (Å²) >= 11 is 1.16. The Balaban J connectivity index is 2.67. The Bertz CT molecular complexity index is 658. The van der Waals surface area contributed by atoms with E-state index >= 15 is 0 Å². The molecule has 0 spiro atoms. The lowest BCUT2D eigenvalue weighted by Gasteiger charge is -2.03. The molecule has 0 aliphatic carbocycles. The van der Waals surface area contributed by atoms with Crippen molar-refractivity contribution < 1.29 is 23.1 Å². The summed E-state index contributed by atoms with van der Waals surface area (Å²) < 4.78 is 22.6. The van der Waals surface area contributed by atoms with Crippen LogP contribution in [0.4, 0.5) is 0 Å². The molecule has 0 aliphatic rings. The van der Waals surface area contributed by atoms with Crippen molar-refractivity contribution in [1.29, 1.82) is 0 Å². The van der Waals surface area contributed by atoms with Gasteiger partial charge in [-0.1, -0.05) is 6.92 Å². The molecule has 1 aromatic heterocycles. The number of hydrogen-bond donors (Lipinski definition) is 2. The van der Waals surface area contributed by atoms with Crippen LogP contribution < -0.4 is 5.32 Å². The Hall–Kier alpha value is -1.67. The van der Waals surface area contributed by atoms with Gasteiger partial charge >= 0.3 is 5.97 Å². The van der Waals surface area contributed by atoms with Gasteiger partial charge in [0.05, 0.1) is 10.6 Å². The lowest BCUT2D eigenvalue weighted by molar-refractivity contribution is -0.131. The van der Waals surface area contributed by atoms with E-state index in [4.69, 9.17) is 5.11 Å². The molecule has 0 saturated heterocycles. The minimum absolute atomic E-state index is 0.0467. The second-order valence-corrected chi connectivity index (χ2v) is 7.88. The van der Waals surface area contributed by atoms with Crippen LogP contribution in [0.1, 0.15) is 27.0 Å². The predicted octanol–water partition coefficient (Wildman–Crippen LogP) is 1.32. The summed E-state index contributed by atoms with van der Waals surface area (Å²) in [5.41, 5.74) is 0.795. The minimum Gasteiger partial charge on any atom is -0.478 e. The molecule has 116 valence electrons. The fourth-order valence-corrected chi connectivity index (χ4v) is 3.17. The number of hydrogen-bond acceptors (Lipinski definition) is 5. The number of amides is 1. The van der Waals surface area contributed by atoms with Crippen LogP contribution >= 0.6 is 11.3 Å². The first kappa shape index (κ1) is 17.4. The van der Waals surface area contributed by atoms with E-state index in [-0.39, 0.29) is 24.0 Å². The first-order chi connectivity index (χ1) is 9.75. The molecule has 0 aliphatic heterocycles. The molecular weight excluding hydrogens is 314 g/mol. The Morgan fingerprint density at radius 3 is 2.67 bits per heavy atom. The van der Waals surface area contributed by atoms with Gasteiger partial charge in [-0.2, -0.15) is 0 Å². The number of rotatable bonds is 7. The summed E-state index contributed by atoms with van der Waals surface area (Å²) in [5, 5.41) is 11.1. The molecule has 0 unspecified atom stereocenters. The van der Waals surface area contributed by atoms with Crippen LogP contribution in [0.25, 0.3) is 6.08 Å². The summed E-state index contributed by atoms with van der Waals surface area (Å²) in [7, 11) is -3.11. The monoisotopic (exact) mass is 331 g/mol. The van der Waals surface area contributed by atoms with Crippen molar-refractivity contribution in [3.8, 4) is 0 Å². The Kier molecular flexibility index (Phi) is 6.10. The van der Waals surface area contributed by atoms with Crippen molar-refractivity contribution in [3.05, 3.63) is 27.5 Å². The largest absolute Gasteiger partial charge is 0.478 e. The van der Waals surface area contributed by atoms with Crippen molar-refractivity contribution in [1.82, 2.24) is 5.32 Å². The Morgan fingerprint density at radius 1 is 1.43 bits per heavy atom. The first-order valence-corrected chi connectivity index (χ1v) is 8.89. The number of carbonyl (C=O) groups is 2. The van der Waals surface area contributed by atoms with E-state index in [2.05, 4.69) is 5.32 Å². The molecule has 1 amide bonds. The average molecular weight is 331 g/mol. The first-order valence-electron chi connectivity index (χ1n) is 6.25. The standard InChI is InChI=1S/C13H17NO5S2/c1-3-21(18,19)7-6-14-13(17)11-8-9(2)10(20-11)4-5-12(15)16/h4-5,8H,3,6-7H2,1-2H3,(H,14,17)(H,15,16)/b5-4+. The maximum absolute atomic E-state index is 11.9. The minimum atomic E-state index is -3.11. The Morgan fingerprint density at radius 2 is 2.10 bits per heavy atom. The molecule has 1 rings (SSSR count). The van der Waals surface area contributed by atoms with E-state index < -0.39 is 15.8 Å². The maximum Gasteiger partial charge on any atom is 0.328 e. The topological polar surface area (TPSA) is 101 Å². The number of carboxylic acids is 1. The van der Waals surface area contributed by atoms with Crippen molar-refractivity contribution in [2.45, 2.75) is 13.8 Å². The molecule has 1 heterocycles. The van der Waals surface area contributed by atoms with Gasteiger partial charge < -0.3 is 10.4 Å². The number of thiophene rings is 1. The van der Waals surface area contributed by atoms with Crippen molar-refractivity contribution in [2.75, 3.05) is 18.1 Å². The van der Waals surface area contributed by atoms with Crippen LogP contribution in [0.15, 0.2) is 12.1 Å². The predicted molar refractivity (Wildman–Crippen MR) is 82.4 cm³/mol. The molecule has 6 nitrogen and oxygen atoms in total. The molecule has 1 aromatic rings. The number of carbonyl (C=O) groups excluding carboxylic acids is 1. The number of sulfone groups is 1. The molecule has 0 fully saturated rings. The van der Waals surface area contributed by atoms with Gasteiger partial charge in [-0.25, -0.2) is 13.2 Å². The van der Waals surface area contributed by atoms with E-state index in [1.807, 2.05) is 0 Å². The molecule has 2 N–H and O–H groups in total. The Labute approximate surface area is 127 Å². The molecule has 0 bridgehead atoms. The highest BCUT2D eigenvalue weighted by atomic mass is 32.2. The zero-order valence-corrected chi connectivity index (χ0v) is 13.4. The number of carboxylic acid groups (broad SMARTS) is 1. The third kappa shape index (κ3) is 5.68. The van der Waals surface area contributed by atoms with Gasteiger partial charge in [0, 0.05) is 23.3 Å². The normalized spacial score (nSPS) is 11.7. The summed E-state index contributed by atoms with van der Waals surface area (Å²) in [6, 6.07) is 1.65. The van der Waals surface area contributed by atoms with Crippen LogP contribution in [-0.2, 0) is 14.6 Å². The lowest BCUT2D eigenvalue weighted by Crippen LogP contribution is -2.29. The third-order valence-electron chi connectivity index (χ3n) is 2.70. The number of aryl methyl sites for hydroxylation is 1. The summed E-state index contributed by atoms with van der Waals surface area (Å²) in [5.74, 6) is -1.46. The van der Waals surface area contributed by atoms with Gasteiger partial charge in [-0.15, -0.1) is 11.3 Å². The average Bonchev–Trinajstić information content (AvgIpc) is 2.77. The molecule has 0 atom stereocenters. The van der Waals surface area contributed by atoms with Gasteiger partial charge in [0.1, 0.15) is 0 Å². The molecule has 21 heavy (non-hydrogen) atoms. The van der Waals surface area contributed by atoms with E-state index in [1.165, 1.54) is 6.08 Å². The second kappa shape index (κ2) is 7.37. The van der Waals surface area contributed by atoms with E-state index in [0.717, 1.165) is 23.0 Å². The summed E-state index contributed by atoms with van der Waals surface area (Å²) in [6.07, 6.45) is 2.44. The third-order valence-corrected chi connectivity index (χ3v) is 5.60. The summed E-state index contributed by atoms with van der Waals surface area (Å²) in [6.45, 7) is 3.39. The van der Waals surface area contributed by atoms with Crippen molar-refractivity contribution in [3.63, 3.8) is 0 Å². The van der Waals surface area contributed by atoms with E-state index in [9.17, 15) is 18.0 Å². The zero-order chi connectivity index (χ0) is 16.0. The smallest absolute Gasteiger partial charge is 0.328 e. The van der Waals surface area contributed by atoms with Crippen LogP contribution in [-0.4, -0.2) is 43.5 Å². The quantitative estimate of drug-likeness (QED) is 0.734. The maximum atomic E-state index is 11.9. The van der Waals surface area contributed by atoms with Gasteiger partial charge in [0.2, 0.25) is 0 Å². The van der Waals surface area contributed by atoms with Gasteiger partial charge in [0.25, 0.3) is 5.91 Å². The SMILES string of the molecule is CCS(=O)(=O)CCNC(=O)c1cc(C)c(/C=C/C(=O)O)s1. The summed E-state index contributed by atoms with van der Waals surface area (Å²) in [4.78, 5) is 23.5. The molecule has 8 heteroatoms. The molecule has 0 saturated carbocycles. The lowest BCUT2D eigenvalue weighted by atomic mass is 10.2. The van der Waals surface area contributed by atoms with E-state index in [0.29, 0.717) is 9.75 Å². The van der Waals surface area contributed by atoms with Gasteiger partial charge in [-0.3, -0.25) is 4.79 Å². The van der Waals surface area contributed by atoms with Crippen LogP contribution in [0.2, 0.25) is 0 Å². The molecule has 0 radical (unpaired) electrons. The van der Waals surface area contributed by atoms with Gasteiger partial charge in [0.15, 0.2) is 9.84 Å². The molecule has 0 aromatic carbocycles. The van der Waals surface area contributed by atoms with E-state index in [1.54, 1.807) is 19.9 Å². The number of nitrogens with one attached hydrogen (secondary N) is 1. The van der Waals surface area contributed by atoms with Crippen LogP contribution in [0.5, 0.6) is 0 Å².